The number of rotatable bonds is 10. The smallest absolute Gasteiger partial charge is 0.340 e. The molecule has 0 radical (unpaired) electrons. The van der Waals surface area contributed by atoms with Crippen LogP contribution in [0.5, 0.6) is 0 Å². The first-order chi connectivity index (χ1) is 17.7. The van der Waals surface area contributed by atoms with Crippen LogP contribution in [-0.2, 0) is 32.0 Å². The molecule has 0 saturated heterocycles. The number of halogens is 1. The summed E-state index contributed by atoms with van der Waals surface area (Å²) in [7, 11) is 2.12. The Balaban J connectivity index is 1.73. The molecule has 6 N–H and O–H groups in total. The summed E-state index contributed by atoms with van der Waals surface area (Å²) in [5.41, 5.74) is 14.4. The van der Waals surface area contributed by atoms with Crippen LogP contribution >= 0.6 is 0 Å². The van der Waals surface area contributed by atoms with Crippen molar-refractivity contribution in [1.29, 1.82) is 0 Å². The Hall–Kier alpha value is -4.62. The van der Waals surface area contributed by atoms with Crippen LogP contribution in [0.25, 0.3) is 11.2 Å². The monoisotopic (exact) mass is 514 g/mol. The van der Waals surface area contributed by atoms with Crippen molar-refractivity contribution >= 4 is 46.5 Å². The maximum Gasteiger partial charge on any atom is 0.340 e. The highest BCUT2D eigenvalue weighted by Crippen LogP contribution is 2.21. The number of carbonyl (C=O) groups is 3. The number of ether oxygens (including phenoxy) is 2. The lowest BCUT2D eigenvalue weighted by atomic mass is 10.0. The maximum absolute atomic E-state index is 14.0. The number of fused-ring (bicyclic) bond motifs is 1. The predicted octanol–water partition coefficient (Wildman–Crippen LogP) is 0.931. The Kier molecular flexibility index (Phi) is 8.66. The number of alkyl halides is 1. The van der Waals surface area contributed by atoms with E-state index >= 15 is 0 Å². The SMILES string of the molecule is CCc1cc(C(=O)N[C@@H](C[C@H](F)C(=O)OC)C(=O)OC)ccc1NCc1cnc2nc(N)nc(N)c2n1. The first-order valence-electron chi connectivity index (χ1n) is 11.2. The molecule has 0 aliphatic heterocycles. The van der Waals surface area contributed by atoms with Crippen LogP contribution in [0.3, 0.4) is 0 Å². The van der Waals surface area contributed by atoms with Crippen molar-refractivity contribution in [2.24, 2.45) is 0 Å². The third-order valence-corrected chi connectivity index (χ3v) is 5.40. The number of methoxy groups -OCH3 is 2. The van der Waals surface area contributed by atoms with E-state index in [9.17, 15) is 18.8 Å². The van der Waals surface area contributed by atoms with Crippen LogP contribution in [0.4, 0.5) is 21.8 Å². The minimum absolute atomic E-state index is 0.00720. The Labute approximate surface area is 211 Å². The fraction of sp³-hybridized carbons (Fsp3) is 0.348. The minimum Gasteiger partial charge on any atom is -0.467 e. The summed E-state index contributed by atoms with van der Waals surface area (Å²) in [5, 5.41) is 5.66. The van der Waals surface area contributed by atoms with Gasteiger partial charge >= 0.3 is 11.9 Å². The number of nitrogens with zero attached hydrogens (tertiary/aromatic N) is 4. The number of amides is 1. The van der Waals surface area contributed by atoms with Crippen molar-refractivity contribution in [3.63, 3.8) is 0 Å². The second-order valence-electron chi connectivity index (χ2n) is 7.86. The lowest BCUT2D eigenvalue weighted by Gasteiger charge is -2.18. The molecule has 3 aromatic rings. The van der Waals surface area contributed by atoms with Gasteiger partial charge in [0.2, 0.25) is 5.95 Å². The zero-order chi connectivity index (χ0) is 27.1. The summed E-state index contributed by atoms with van der Waals surface area (Å²) < 4.78 is 23.0. The third kappa shape index (κ3) is 6.54. The van der Waals surface area contributed by atoms with E-state index in [1.54, 1.807) is 18.2 Å². The van der Waals surface area contributed by atoms with Crippen LogP contribution in [0.1, 0.15) is 35.0 Å². The summed E-state index contributed by atoms with van der Waals surface area (Å²) in [4.78, 5) is 52.8. The van der Waals surface area contributed by atoms with Crippen molar-refractivity contribution in [1.82, 2.24) is 25.3 Å². The van der Waals surface area contributed by atoms with E-state index in [2.05, 4.69) is 40.0 Å². The van der Waals surface area contributed by atoms with Crippen molar-refractivity contribution in [2.45, 2.75) is 38.5 Å². The Morgan fingerprint density at radius 3 is 2.49 bits per heavy atom. The molecule has 196 valence electrons. The van der Waals surface area contributed by atoms with E-state index < -0.39 is 36.5 Å². The zero-order valence-electron chi connectivity index (χ0n) is 20.4. The van der Waals surface area contributed by atoms with Gasteiger partial charge in [0.25, 0.3) is 5.91 Å². The van der Waals surface area contributed by atoms with E-state index in [-0.39, 0.29) is 23.0 Å². The summed E-state index contributed by atoms with van der Waals surface area (Å²) in [5.74, 6) is -2.55. The van der Waals surface area contributed by atoms with Crippen LogP contribution < -0.4 is 22.1 Å². The summed E-state index contributed by atoms with van der Waals surface area (Å²) in [6, 6.07) is 3.49. The number of nitrogens with two attached hydrogens (primary N) is 2. The molecule has 2 heterocycles. The fourth-order valence-corrected chi connectivity index (χ4v) is 3.48. The van der Waals surface area contributed by atoms with Crippen molar-refractivity contribution in [3.8, 4) is 0 Å². The molecule has 0 aliphatic carbocycles. The normalized spacial score (nSPS) is 12.4. The van der Waals surface area contributed by atoms with Crippen LogP contribution in [0, 0.1) is 0 Å². The molecule has 0 spiro atoms. The largest absolute Gasteiger partial charge is 0.467 e. The number of nitrogens with one attached hydrogen (secondary N) is 2. The zero-order valence-corrected chi connectivity index (χ0v) is 20.4. The van der Waals surface area contributed by atoms with Crippen LogP contribution in [0.2, 0.25) is 0 Å². The molecule has 1 amide bonds. The van der Waals surface area contributed by atoms with Gasteiger partial charge in [0, 0.05) is 17.7 Å². The molecule has 0 fully saturated rings. The van der Waals surface area contributed by atoms with Gasteiger partial charge < -0.3 is 31.6 Å². The van der Waals surface area contributed by atoms with E-state index in [1.165, 1.54) is 6.20 Å². The van der Waals surface area contributed by atoms with Crippen LogP contribution in [-0.4, -0.2) is 64.2 Å². The number of esters is 2. The fourth-order valence-electron chi connectivity index (χ4n) is 3.48. The summed E-state index contributed by atoms with van der Waals surface area (Å²) in [6.07, 6.45) is -0.624. The molecular weight excluding hydrogens is 487 g/mol. The lowest BCUT2D eigenvalue weighted by molar-refractivity contribution is -0.148. The van der Waals surface area contributed by atoms with E-state index in [0.717, 1.165) is 25.5 Å². The van der Waals surface area contributed by atoms with E-state index in [4.69, 9.17) is 11.5 Å². The molecule has 0 unspecified atom stereocenters. The van der Waals surface area contributed by atoms with Gasteiger partial charge in [-0.3, -0.25) is 4.79 Å². The molecule has 1 aromatic carbocycles. The lowest BCUT2D eigenvalue weighted by Crippen LogP contribution is -2.44. The molecule has 3 rings (SSSR count). The molecular formula is C23H27FN8O5. The maximum atomic E-state index is 14.0. The van der Waals surface area contributed by atoms with Gasteiger partial charge in [-0.05, 0) is 30.2 Å². The van der Waals surface area contributed by atoms with Gasteiger partial charge in [0.1, 0.15) is 6.04 Å². The number of nitrogen functional groups attached to an aromatic ring is 2. The van der Waals surface area contributed by atoms with Crippen molar-refractivity contribution in [3.05, 3.63) is 41.2 Å². The number of carbonyl (C=O) groups excluding carboxylic acids is 3. The summed E-state index contributed by atoms with van der Waals surface area (Å²) in [6.45, 7) is 2.20. The highest BCUT2D eigenvalue weighted by atomic mass is 19.1. The van der Waals surface area contributed by atoms with Gasteiger partial charge in [0.05, 0.1) is 32.7 Å². The topological polar surface area (TPSA) is 197 Å². The van der Waals surface area contributed by atoms with E-state index in [0.29, 0.717) is 24.2 Å². The number of aromatic nitrogens is 4. The van der Waals surface area contributed by atoms with Gasteiger partial charge in [-0.15, -0.1) is 0 Å². The molecule has 13 nitrogen and oxygen atoms in total. The minimum atomic E-state index is -2.11. The Bertz CT molecular complexity index is 1320. The number of benzene rings is 1. The van der Waals surface area contributed by atoms with Gasteiger partial charge in [0.15, 0.2) is 23.2 Å². The predicted molar refractivity (Wildman–Crippen MR) is 132 cm³/mol. The second kappa shape index (κ2) is 11.9. The van der Waals surface area contributed by atoms with Crippen molar-refractivity contribution in [2.75, 3.05) is 31.0 Å². The first kappa shape index (κ1) is 27.0. The average molecular weight is 515 g/mol. The van der Waals surface area contributed by atoms with Gasteiger partial charge in [-0.2, -0.15) is 9.97 Å². The Morgan fingerprint density at radius 2 is 1.81 bits per heavy atom. The molecule has 0 aliphatic rings. The first-order valence-corrected chi connectivity index (χ1v) is 11.2. The van der Waals surface area contributed by atoms with Crippen molar-refractivity contribution < 1.29 is 28.2 Å². The number of aryl methyl sites for hydroxylation is 1. The average Bonchev–Trinajstić information content (AvgIpc) is 2.90. The van der Waals surface area contributed by atoms with Gasteiger partial charge in [-0.1, -0.05) is 6.92 Å². The van der Waals surface area contributed by atoms with Crippen LogP contribution in [0.15, 0.2) is 24.4 Å². The molecule has 14 heteroatoms. The quantitative estimate of drug-likeness (QED) is 0.280. The highest BCUT2D eigenvalue weighted by molar-refractivity contribution is 5.97. The molecule has 0 bridgehead atoms. The number of anilines is 3. The molecule has 2 aromatic heterocycles. The van der Waals surface area contributed by atoms with E-state index in [1.807, 2.05) is 6.92 Å². The highest BCUT2D eigenvalue weighted by Gasteiger charge is 2.30. The van der Waals surface area contributed by atoms with Gasteiger partial charge in [-0.25, -0.2) is 23.9 Å². The summed E-state index contributed by atoms with van der Waals surface area (Å²) >= 11 is 0. The number of hydrogen-bond donors (Lipinski definition) is 4. The molecule has 2 atom stereocenters. The standard InChI is InChI=1S/C23H27FN8O5/c1-4-11-7-12(20(33)30-16(22(35)37-3)8-14(24)21(34)36-2)5-6-15(11)27-9-13-10-28-19-17(29-13)18(25)31-23(26)32-19/h5-7,10,14,16,27H,4,8-9H2,1-3H3,(H,30,33)(H4,25,26,28,31,32)/t14-,16-/m0/s1. The molecule has 0 saturated carbocycles. The number of hydrogen-bond acceptors (Lipinski definition) is 12. The Morgan fingerprint density at radius 1 is 1.08 bits per heavy atom. The third-order valence-electron chi connectivity index (χ3n) is 5.40. The molecule has 37 heavy (non-hydrogen) atoms. The second-order valence-corrected chi connectivity index (χ2v) is 7.86.